The van der Waals surface area contributed by atoms with Gasteiger partial charge in [0, 0.05) is 13.5 Å². The molecule has 0 heterocycles. The summed E-state index contributed by atoms with van der Waals surface area (Å²) < 4.78 is 5.16. The second-order valence-corrected chi connectivity index (χ2v) is 3.32. The van der Waals surface area contributed by atoms with E-state index >= 15 is 0 Å². The van der Waals surface area contributed by atoms with Gasteiger partial charge in [-0.15, -0.1) is 0 Å². The van der Waals surface area contributed by atoms with E-state index in [0.717, 1.165) is 18.9 Å². The third-order valence-corrected chi connectivity index (χ3v) is 1.49. The molecule has 72 valence electrons. The third-order valence-electron chi connectivity index (χ3n) is 1.49. The van der Waals surface area contributed by atoms with Crippen molar-refractivity contribution in [3.63, 3.8) is 0 Å². The maximum absolute atomic E-state index is 10.4. The molecule has 0 aromatic rings. The molecule has 0 fully saturated rings. The molecule has 3 nitrogen and oxygen atoms in total. The van der Waals surface area contributed by atoms with Crippen LogP contribution in [0, 0.1) is 5.92 Å². The lowest BCUT2D eigenvalue weighted by atomic mass is 10.1. The number of rotatable bonds is 6. The highest BCUT2D eigenvalue weighted by molar-refractivity contribution is 5.72. The molecular weight excluding hydrogens is 154 g/mol. The monoisotopic (exact) mass is 173 g/mol. The lowest BCUT2D eigenvalue weighted by molar-refractivity contribution is -0.120. The van der Waals surface area contributed by atoms with Gasteiger partial charge in [0.05, 0.1) is 0 Å². The van der Waals surface area contributed by atoms with Crippen LogP contribution in [0.25, 0.3) is 0 Å². The molecule has 0 radical (unpaired) electrons. The van der Waals surface area contributed by atoms with Crippen LogP contribution < -0.4 is 5.32 Å². The standard InChI is InChI=1S/C9H19NO2/c1-8(2)5-4-6-12-7-10-9(3)11/h8H,4-7H2,1-3H3,(H,10,11). The van der Waals surface area contributed by atoms with Gasteiger partial charge >= 0.3 is 0 Å². The van der Waals surface area contributed by atoms with Crippen molar-refractivity contribution in [2.24, 2.45) is 5.92 Å². The molecule has 3 heteroatoms. The van der Waals surface area contributed by atoms with Gasteiger partial charge in [-0.2, -0.15) is 0 Å². The number of amides is 1. The molecule has 1 N–H and O–H groups in total. The highest BCUT2D eigenvalue weighted by Gasteiger charge is 1.94. The van der Waals surface area contributed by atoms with E-state index < -0.39 is 0 Å². The van der Waals surface area contributed by atoms with Crippen LogP contribution in [0.3, 0.4) is 0 Å². The number of nitrogens with one attached hydrogen (secondary N) is 1. The topological polar surface area (TPSA) is 38.3 Å². The summed E-state index contributed by atoms with van der Waals surface area (Å²) in [4.78, 5) is 10.4. The van der Waals surface area contributed by atoms with Crippen molar-refractivity contribution >= 4 is 5.91 Å². The smallest absolute Gasteiger partial charge is 0.218 e. The van der Waals surface area contributed by atoms with Crippen molar-refractivity contribution in [2.45, 2.75) is 33.6 Å². The molecule has 1 amide bonds. The lowest BCUT2D eigenvalue weighted by Crippen LogP contribution is -2.23. The summed E-state index contributed by atoms with van der Waals surface area (Å²) in [7, 11) is 0. The summed E-state index contributed by atoms with van der Waals surface area (Å²) in [6.07, 6.45) is 2.25. The average molecular weight is 173 g/mol. The van der Waals surface area contributed by atoms with E-state index in [0.29, 0.717) is 6.73 Å². The van der Waals surface area contributed by atoms with Crippen LogP contribution in [0.4, 0.5) is 0 Å². The molecule has 12 heavy (non-hydrogen) atoms. The highest BCUT2D eigenvalue weighted by atomic mass is 16.5. The first-order chi connectivity index (χ1) is 5.63. The zero-order valence-electron chi connectivity index (χ0n) is 8.22. The van der Waals surface area contributed by atoms with Crippen LogP contribution in [-0.4, -0.2) is 19.2 Å². The van der Waals surface area contributed by atoms with Crippen molar-refractivity contribution < 1.29 is 9.53 Å². The third kappa shape index (κ3) is 9.43. The summed E-state index contributed by atoms with van der Waals surface area (Å²) in [5.41, 5.74) is 0. The van der Waals surface area contributed by atoms with Crippen LogP contribution >= 0.6 is 0 Å². The molecule has 0 aromatic heterocycles. The van der Waals surface area contributed by atoms with E-state index in [1.54, 1.807) is 0 Å². The number of hydrogen-bond donors (Lipinski definition) is 1. The molecule has 0 saturated heterocycles. The molecule has 0 aliphatic rings. The fraction of sp³-hybridized carbons (Fsp3) is 0.889. The van der Waals surface area contributed by atoms with Gasteiger partial charge in [-0.25, -0.2) is 0 Å². The molecule has 0 unspecified atom stereocenters. The number of carbonyl (C=O) groups is 1. The van der Waals surface area contributed by atoms with Crippen molar-refractivity contribution in [3.05, 3.63) is 0 Å². The zero-order chi connectivity index (χ0) is 9.40. The van der Waals surface area contributed by atoms with Gasteiger partial charge in [-0.3, -0.25) is 4.79 Å². The quantitative estimate of drug-likeness (QED) is 0.488. The maximum atomic E-state index is 10.4. The summed E-state index contributed by atoms with van der Waals surface area (Å²) in [6.45, 7) is 6.94. The summed E-state index contributed by atoms with van der Waals surface area (Å²) in [6, 6.07) is 0. The Bertz CT molecular complexity index is 124. The van der Waals surface area contributed by atoms with Crippen LogP contribution in [0.1, 0.15) is 33.6 Å². The first kappa shape index (κ1) is 11.4. The van der Waals surface area contributed by atoms with E-state index in [9.17, 15) is 4.79 Å². The lowest BCUT2D eigenvalue weighted by Gasteiger charge is -2.05. The first-order valence-electron chi connectivity index (χ1n) is 4.45. The van der Waals surface area contributed by atoms with E-state index in [4.69, 9.17) is 4.74 Å². The molecule has 0 saturated carbocycles. The first-order valence-corrected chi connectivity index (χ1v) is 4.45. The minimum absolute atomic E-state index is 0.0427. The Hall–Kier alpha value is -0.570. The fourth-order valence-corrected chi connectivity index (χ4v) is 0.818. The predicted molar refractivity (Wildman–Crippen MR) is 48.7 cm³/mol. The van der Waals surface area contributed by atoms with Crippen molar-refractivity contribution in [1.29, 1.82) is 0 Å². The van der Waals surface area contributed by atoms with Gasteiger partial charge in [0.15, 0.2) is 0 Å². The molecule has 0 bridgehead atoms. The van der Waals surface area contributed by atoms with E-state index in [2.05, 4.69) is 19.2 Å². The summed E-state index contributed by atoms with van der Waals surface area (Å²) in [5, 5.41) is 2.57. The molecule has 0 aliphatic carbocycles. The minimum Gasteiger partial charge on any atom is -0.361 e. The van der Waals surface area contributed by atoms with E-state index in [1.165, 1.54) is 13.3 Å². The van der Waals surface area contributed by atoms with E-state index in [1.807, 2.05) is 0 Å². The van der Waals surface area contributed by atoms with Crippen LogP contribution in [0.2, 0.25) is 0 Å². The predicted octanol–water partition coefficient (Wildman–Crippen LogP) is 1.53. The molecule has 0 aliphatic heterocycles. The Balaban J connectivity index is 2.96. The molecule has 0 aromatic carbocycles. The summed E-state index contributed by atoms with van der Waals surface area (Å²) in [5.74, 6) is 0.688. The Morgan fingerprint density at radius 3 is 2.67 bits per heavy atom. The van der Waals surface area contributed by atoms with Crippen molar-refractivity contribution in [3.8, 4) is 0 Å². The highest BCUT2D eigenvalue weighted by Crippen LogP contribution is 2.02. The second-order valence-electron chi connectivity index (χ2n) is 3.32. The van der Waals surface area contributed by atoms with Gasteiger partial charge in [0.1, 0.15) is 6.73 Å². The largest absolute Gasteiger partial charge is 0.361 e. The average Bonchev–Trinajstić information content (AvgIpc) is 1.95. The molecule has 0 spiro atoms. The normalized spacial score (nSPS) is 10.3. The van der Waals surface area contributed by atoms with Gasteiger partial charge in [-0.05, 0) is 18.8 Å². The number of carbonyl (C=O) groups excluding carboxylic acids is 1. The van der Waals surface area contributed by atoms with Crippen LogP contribution in [0.15, 0.2) is 0 Å². The Labute approximate surface area is 74.5 Å². The Kier molecular flexibility index (Phi) is 6.76. The second kappa shape index (κ2) is 7.10. The zero-order valence-corrected chi connectivity index (χ0v) is 8.22. The molecular formula is C9H19NO2. The van der Waals surface area contributed by atoms with Gasteiger partial charge in [0.25, 0.3) is 0 Å². The number of ether oxygens (including phenoxy) is 1. The van der Waals surface area contributed by atoms with Crippen LogP contribution in [0.5, 0.6) is 0 Å². The summed E-state index contributed by atoms with van der Waals surface area (Å²) >= 11 is 0. The maximum Gasteiger partial charge on any atom is 0.218 e. The Morgan fingerprint density at radius 2 is 2.17 bits per heavy atom. The van der Waals surface area contributed by atoms with Gasteiger partial charge in [0.2, 0.25) is 5.91 Å². The fourth-order valence-electron chi connectivity index (χ4n) is 0.818. The minimum atomic E-state index is -0.0427. The SMILES string of the molecule is CC(=O)NCOCCCC(C)C. The van der Waals surface area contributed by atoms with Gasteiger partial charge < -0.3 is 10.1 Å². The van der Waals surface area contributed by atoms with Crippen molar-refractivity contribution in [2.75, 3.05) is 13.3 Å². The van der Waals surface area contributed by atoms with E-state index in [-0.39, 0.29) is 5.91 Å². The van der Waals surface area contributed by atoms with Crippen molar-refractivity contribution in [1.82, 2.24) is 5.32 Å². The number of hydrogen-bond acceptors (Lipinski definition) is 2. The molecule has 0 rings (SSSR count). The molecule has 0 atom stereocenters. The van der Waals surface area contributed by atoms with Gasteiger partial charge in [-0.1, -0.05) is 13.8 Å². The van der Waals surface area contributed by atoms with Crippen LogP contribution in [-0.2, 0) is 9.53 Å². The Morgan fingerprint density at radius 1 is 1.50 bits per heavy atom.